The van der Waals surface area contributed by atoms with Gasteiger partial charge in [-0.1, -0.05) is 17.7 Å². The molecule has 3 rings (SSSR count). The number of benzene rings is 1. The second-order valence-electron chi connectivity index (χ2n) is 6.15. The third-order valence-corrected chi connectivity index (χ3v) is 5.22. The summed E-state index contributed by atoms with van der Waals surface area (Å²) in [7, 11) is 0. The van der Waals surface area contributed by atoms with Gasteiger partial charge in [-0.25, -0.2) is 0 Å². The zero-order chi connectivity index (χ0) is 15.7. The highest BCUT2D eigenvalue weighted by Crippen LogP contribution is 2.24. The lowest BCUT2D eigenvalue weighted by atomic mass is 10.1. The molecule has 4 heteroatoms. The fourth-order valence-electron chi connectivity index (χ4n) is 3.20. The number of amides is 1. The van der Waals surface area contributed by atoms with Gasteiger partial charge in [0.05, 0.1) is 6.54 Å². The maximum absolute atomic E-state index is 12.4. The van der Waals surface area contributed by atoms with Crippen molar-refractivity contribution in [3.63, 3.8) is 0 Å². The van der Waals surface area contributed by atoms with E-state index < -0.39 is 0 Å². The molecule has 0 fully saturated rings. The molecule has 22 heavy (non-hydrogen) atoms. The zero-order valence-electron chi connectivity index (χ0n) is 13.4. The van der Waals surface area contributed by atoms with Gasteiger partial charge in [-0.15, -0.1) is 11.3 Å². The molecule has 2 aromatic rings. The molecule has 0 saturated carbocycles. The molecule has 116 valence electrons. The Morgan fingerprint density at radius 1 is 1.27 bits per heavy atom. The average molecular weight is 314 g/mol. The monoisotopic (exact) mass is 314 g/mol. The van der Waals surface area contributed by atoms with Crippen LogP contribution < -0.4 is 5.32 Å². The van der Waals surface area contributed by atoms with E-state index >= 15 is 0 Å². The van der Waals surface area contributed by atoms with Crippen molar-refractivity contribution < 1.29 is 4.79 Å². The Labute approximate surface area is 136 Å². The van der Waals surface area contributed by atoms with E-state index in [1.54, 1.807) is 0 Å². The average Bonchev–Trinajstić information content (AvgIpc) is 2.90. The van der Waals surface area contributed by atoms with Crippen molar-refractivity contribution in [2.75, 3.05) is 18.4 Å². The minimum absolute atomic E-state index is 0.0775. The van der Waals surface area contributed by atoms with Crippen molar-refractivity contribution >= 4 is 22.9 Å². The van der Waals surface area contributed by atoms with E-state index in [1.165, 1.54) is 16.0 Å². The van der Waals surface area contributed by atoms with Crippen LogP contribution >= 0.6 is 11.3 Å². The molecule has 0 atom stereocenters. The first-order valence-electron chi connectivity index (χ1n) is 7.68. The number of hydrogen-bond donors (Lipinski definition) is 1. The second-order valence-corrected chi connectivity index (χ2v) is 7.15. The first-order valence-corrected chi connectivity index (χ1v) is 8.56. The lowest BCUT2D eigenvalue weighted by Crippen LogP contribution is -2.36. The summed E-state index contributed by atoms with van der Waals surface area (Å²) in [4.78, 5) is 16.1. The summed E-state index contributed by atoms with van der Waals surface area (Å²) in [5.41, 5.74) is 5.83. The molecule has 1 aliphatic heterocycles. The lowest BCUT2D eigenvalue weighted by molar-refractivity contribution is -0.117. The zero-order valence-corrected chi connectivity index (χ0v) is 14.2. The molecule has 0 unspecified atom stereocenters. The molecule has 0 spiro atoms. The van der Waals surface area contributed by atoms with Gasteiger partial charge in [-0.05, 0) is 55.3 Å². The van der Waals surface area contributed by atoms with Crippen LogP contribution in [0.2, 0.25) is 0 Å². The van der Waals surface area contributed by atoms with E-state index in [0.717, 1.165) is 36.3 Å². The van der Waals surface area contributed by atoms with Crippen molar-refractivity contribution in [1.82, 2.24) is 4.90 Å². The van der Waals surface area contributed by atoms with Crippen LogP contribution in [0.25, 0.3) is 0 Å². The molecule has 3 nitrogen and oxygen atoms in total. The topological polar surface area (TPSA) is 32.3 Å². The van der Waals surface area contributed by atoms with Gasteiger partial charge >= 0.3 is 0 Å². The molecule has 0 radical (unpaired) electrons. The van der Waals surface area contributed by atoms with Crippen molar-refractivity contribution in [2.45, 2.75) is 33.7 Å². The van der Waals surface area contributed by atoms with Gasteiger partial charge in [0.1, 0.15) is 0 Å². The van der Waals surface area contributed by atoms with E-state index in [1.807, 2.05) is 25.2 Å². The molecule has 1 aliphatic rings. The number of carbonyl (C=O) groups excluding carboxylic acids is 1. The molecule has 1 N–H and O–H groups in total. The summed E-state index contributed by atoms with van der Waals surface area (Å²) in [6.07, 6.45) is 1.06. The Kier molecular flexibility index (Phi) is 4.32. The Balaban J connectivity index is 1.64. The van der Waals surface area contributed by atoms with Crippen LogP contribution in [0, 0.1) is 20.8 Å². The minimum Gasteiger partial charge on any atom is -0.324 e. The molecule has 0 bridgehead atoms. The number of aryl methyl sites for hydroxylation is 3. The van der Waals surface area contributed by atoms with Gasteiger partial charge in [0.15, 0.2) is 0 Å². The van der Waals surface area contributed by atoms with Crippen LogP contribution in [0.15, 0.2) is 23.6 Å². The van der Waals surface area contributed by atoms with E-state index in [2.05, 4.69) is 40.7 Å². The van der Waals surface area contributed by atoms with Gasteiger partial charge in [-0.3, -0.25) is 9.69 Å². The quantitative estimate of drug-likeness (QED) is 0.937. The van der Waals surface area contributed by atoms with Gasteiger partial charge in [0, 0.05) is 23.7 Å². The maximum Gasteiger partial charge on any atom is 0.238 e. The predicted molar refractivity (Wildman–Crippen MR) is 92.6 cm³/mol. The van der Waals surface area contributed by atoms with Crippen LogP contribution in [-0.2, 0) is 17.8 Å². The van der Waals surface area contributed by atoms with Gasteiger partial charge in [0.25, 0.3) is 0 Å². The summed E-state index contributed by atoms with van der Waals surface area (Å²) in [6, 6.07) is 6.40. The number of thiophene rings is 1. The Hall–Kier alpha value is -1.65. The van der Waals surface area contributed by atoms with E-state index in [0.29, 0.717) is 6.54 Å². The molecule has 0 saturated heterocycles. The first-order chi connectivity index (χ1) is 10.5. The highest BCUT2D eigenvalue weighted by molar-refractivity contribution is 7.10. The third-order valence-electron chi connectivity index (χ3n) is 4.20. The van der Waals surface area contributed by atoms with E-state index in [4.69, 9.17) is 0 Å². The summed E-state index contributed by atoms with van der Waals surface area (Å²) in [5.74, 6) is 0.0775. The van der Waals surface area contributed by atoms with E-state index in [9.17, 15) is 4.79 Å². The number of anilines is 1. The SMILES string of the molecule is Cc1cc(C)c(NC(=O)CN2CCc3sccc3C2)c(C)c1. The highest BCUT2D eigenvalue weighted by Gasteiger charge is 2.19. The highest BCUT2D eigenvalue weighted by atomic mass is 32.1. The van der Waals surface area contributed by atoms with Crippen molar-refractivity contribution in [2.24, 2.45) is 0 Å². The minimum atomic E-state index is 0.0775. The molecule has 1 aromatic carbocycles. The van der Waals surface area contributed by atoms with Crippen LogP contribution in [0.5, 0.6) is 0 Å². The fraction of sp³-hybridized carbons (Fsp3) is 0.389. The van der Waals surface area contributed by atoms with Crippen LogP contribution in [-0.4, -0.2) is 23.9 Å². The van der Waals surface area contributed by atoms with E-state index in [-0.39, 0.29) is 5.91 Å². The van der Waals surface area contributed by atoms with Crippen LogP contribution in [0.3, 0.4) is 0 Å². The van der Waals surface area contributed by atoms with Crippen molar-refractivity contribution in [3.05, 3.63) is 50.7 Å². The Morgan fingerprint density at radius 2 is 2.00 bits per heavy atom. The number of hydrogen-bond acceptors (Lipinski definition) is 3. The fourth-order valence-corrected chi connectivity index (χ4v) is 4.09. The standard InChI is InChI=1S/C18H22N2OS/c1-12-8-13(2)18(14(3)9-12)19-17(21)11-20-6-4-16-15(10-20)5-7-22-16/h5,7-9H,4,6,10-11H2,1-3H3,(H,19,21). The molecular weight excluding hydrogens is 292 g/mol. The smallest absolute Gasteiger partial charge is 0.238 e. The van der Waals surface area contributed by atoms with Crippen LogP contribution in [0.1, 0.15) is 27.1 Å². The van der Waals surface area contributed by atoms with Gasteiger partial charge in [0.2, 0.25) is 5.91 Å². The lowest BCUT2D eigenvalue weighted by Gasteiger charge is -2.26. The Bertz CT molecular complexity index is 682. The number of fused-ring (bicyclic) bond motifs is 1. The van der Waals surface area contributed by atoms with Gasteiger partial charge in [-0.2, -0.15) is 0 Å². The van der Waals surface area contributed by atoms with Crippen molar-refractivity contribution in [3.8, 4) is 0 Å². The number of nitrogens with one attached hydrogen (secondary N) is 1. The third kappa shape index (κ3) is 3.23. The molecule has 1 aromatic heterocycles. The molecule has 1 amide bonds. The summed E-state index contributed by atoms with van der Waals surface area (Å²) >= 11 is 1.83. The molecule has 2 heterocycles. The maximum atomic E-state index is 12.4. The number of carbonyl (C=O) groups is 1. The Morgan fingerprint density at radius 3 is 2.73 bits per heavy atom. The predicted octanol–water partition coefficient (Wildman–Crippen LogP) is 3.67. The largest absolute Gasteiger partial charge is 0.324 e. The van der Waals surface area contributed by atoms with Crippen molar-refractivity contribution in [1.29, 1.82) is 0 Å². The number of nitrogens with zero attached hydrogens (tertiary/aromatic N) is 1. The molecular formula is C18H22N2OS. The first kappa shape index (κ1) is 15.3. The molecule has 0 aliphatic carbocycles. The normalized spacial score (nSPS) is 14.7. The number of rotatable bonds is 3. The summed E-state index contributed by atoms with van der Waals surface area (Å²) in [6.45, 7) is 8.49. The van der Waals surface area contributed by atoms with Crippen LogP contribution in [0.4, 0.5) is 5.69 Å². The van der Waals surface area contributed by atoms with Gasteiger partial charge < -0.3 is 5.32 Å². The summed E-state index contributed by atoms with van der Waals surface area (Å²) < 4.78 is 0. The summed E-state index contributed by atoms with van der Waals surface area (Å²) in [5, 5.41) is 5.24. The second kappa shape index (κ2) is 6.23.